The van der Waals surface area contributed by atoms with Gasteiger partial charge in [-0.05, 0) is 36.8 Å². The van der Waals surface area contributed by atoms with Crippen molar-refractivity contribution in [2.45, 2.75) is 13.0 Å². The molecule has 0 bridgehead atoms. The van der Waals surface area contributed by atoms with Crippen molar-refractivity contribution >= 4 is 15.9 Å². The van der Waals surface area contributed by atoms with Gasteiger partial charge in [0, 0.05) is 10.5 Å². The molecule has 100 valence electrons. The summed E-state index contributed by atoms with van der Waals surface area (Å²) in [4.78, 5) is 0. The highest BCUT2D eigenvalue weighted by molar-refractivity contribution is 9.10. The zero-order valence-electron chi connectivity index (χ0n) is 10.0. The average molecular weight is 329 g/mol. The first kappa shape index (κ1) is 14.0. The first-order valence-corrected chi connectivity index (χ1v) is 6.37. The van der Waals surface area contributed by atoms with Crippen LogP contribution in [0.1, 0.15) is 18.6 Å². The maximum absolute atomic E-state index is 13.4. The van der Waals surface area contributed by atoms with E-state index in [4.69, 9.17) is 4.74 Å². The number of aliphatic hydroxyl groups excluding tert-OH is 1. The van der Waals surface area contributed by atoms with Gasteiger partial charge in [0.25, 0.3) is 0 Å². The van der Waals surface area contributed by atoms with Crippen LogP contribution < -0.4 is 4.74 Å². The Labute approximate surface area is 117 Å². The summed E-state index contributed by atoms with van der Waals surface area (Å²) in [6, 6.07) is 8.00. The highest BCUT2D eigenvalue weighted by Crippen LogP contribution is 2.31. The number of ether oxygens (including phenoxy) is 1. The third kappa shape index (κ3) is 3.30. The molecule has 0 spiro atoms. The lowest BCUT2D eigenvalue weighted by Gasteiger charge is -2.11. The van der Waals surface area contributed by atoms with Crippen LogP contribution in [-0.2, 0) is 0 Å². The Balaban J connectivity index is 2.26. The van der Waals surface area contributed by atoms with E-state index in [2.05, 4.69) is 15.9 Å². The van der Waals surface area contributed by atoms with Gasteiger partial charge in [0.15, 0.2) is 11.6 Å². The fourth-order valence-electron chi connectivity index (χ4n) is 1.60. The Kier molecular flexibility index (Phi) is 4.17. The van der Waals surface area contributed by atoms with Crippen LogP contribution in [0.2, 0.25) is 0 Å². The molecule has 1 unspecified atom stereocenters. The van der Waals surface area contributed by atoms with Gasteiger partial charge in [0.1, 0.15) is 11.6 Å². The molecule has 2 aromatic rings. The minimum absolute atomic E-state index is 0.0573. The van der Waals surface area contributed by atoms with Gasteiger partial charge in [-0.1, -0.05) is 22.0 Å². The summed E-state index contributed by atoms with van der Waals surface area (Å²) in [5.74, 6) is -1.09. The van der Waals surface area contributed by atoms with Crippen LogP contribution in [0.25, 0.3) is 0 Å². The first-order valence-electron chi connectivity index (χ1n) is 5.58. The Morgan fingerprint density at radius 3 is 2.47 bits per heavy atom. The van der Waals surface area contributed by atoms with Crippen molar-refractivity contribution in [3.05, 3.63) is 58.1 Å². The van der Waals surface area contributed by atoms with Gasteiger partial charge in [-0.25, -0.2) is 8.78 Å². The van der Waals surface area contributed by atoms with E-state index in [1.807, 2.05) is 0 Å². The summed E-state index contributed by atoms with van der Waals surface area (Å²) < 4.78 is 32.2. The van der Waals surface area contributed by atoms with Crippen LogP contribution in [0.15, 0.2) is 40.9 Å². The molecule has 0 aromatic heterocycles. The molecule has 2 rings (SSSR count). The molecular formula is C14H11BrF2O2. The van der Waals surface area contributed by atoms with Crippen molar-refractivity contribution in [1.82, 2.24) is 0 Å². The number of hydrogen-bond donors (Lipinski definition) is 1. The molecule has 1 N–H and O–H groups in total. The molecule has 0 aliphatic rings. The summed E-state index contributed by atoms with van der Waals surface area (Å²) in [6.45, 7) is 1.64. The molecule has 0 aliphatic carbocycles. The minimum atomic E-state index is -0.768. The SMILES string of the molecule is CC(O)c1ccc(Oc2ccc(F)cc2F)cc1Br. The zero-order valence-corrected chi connectivity index (χ0v) is 11.6. The Hall–Kier alpha value is -1.46. The van der Waals surface area contributed by atoms with Crippen molar-refractivity contribution in [3.63, 3.8) is 0 Å². The third-order valence-corrected chi connectivity index (χ3v) is 3.23. The van der Waals surface area contributed by atoms with E-state index < -0.39 is 17.7 Å². The molecule has 2 nitrogen and oxygen atoms in total. The Morgan fingerprint density at radius 1 is 1.16 bits per heavy atom. The molecule has 0 fully saturated rings. The standard InChI is InChI=1S/C14H11BrF2O2/c1-8(18)11-4-3-10(7-12(11)15)19-14-5-2-9(16)6-13(14)17/h2-8,18H,1H3. The fraction of sp³-hybridized carbons (Fsp3) is 0.143. The second-order valence-electron chi connectivity index (χ2n) is 4.04. The highest BCUT2D eigenvalue weighted by atomic mass is 79.9. The number of benzene rings is 2. The maximum atomic E-state index is 13.4. The Morgan fingerprint density at radius 2 is 1.89 bits per heavy atom. The number of hydrogen-bond acceptors (Lipinski definition) is 2. The van der Waals surface area contributed by atoms with Crippen molar-refractivity contribution in [3.8, 4) is 11.5 Å². The molecule has 2 aromatic carbocycles. The predicted molar refractivity (Wildman–Crippen MR) is 71.2 cm³/mol. The number of rotatable bonds is 3. The van der Waals surface area contributed by atoms with Crippen LogP contribution in [0.3, 0.4) is 0 Å². The Bertz CT molecular complexity index is 600. The van der Waals surface area contributed by atoms with E-state index in [0.717, 1.165) is 12.1 Å². The largest absolute Gasteiger partial charge is 0.454 e. The summed E-state index contributed by atoms with van der Waals surface area (Å²) in [5.41, 5.74) is 0.701. The fourth-order valence-corrected chi connectivity index (χ4v) is 2.28. The molecule has 19 heavy (non-hydrogen) atoms. The molecule has 1 atom stereocenters. The van der Waals surface area contributed by atoms with E-state index >= 15 is 0 Å². The van der Waals surface area contributed by atoms with Gasteiger partial charge in [0.2, 0.25) is 0 Å². The molecular weight excluding hydrogens is 318 g/mol. The lowest BCUT2D eigenvalue weighted by Crippen LogP contribution is -1.94. The lowest BCUT2D eigenvalue weighted by molar-refractivity contribution is 0.198. The topological polar surface area (TPSA) is 29.5 Å². The average Bonchev–Trinajstić information content (AvgIpc) is 2.32. The quantitative estimate of drug-likeness (QED) is 0.894. The smallest absolute Gasteiger partial charge is 0.168 e. The zero-order chi connectivity index (χ0) is 14.0. The van der Waals surface area contributed by atoms with E-state index in [9.17, 15) is 13.9 Å². The summed E-state index contributed by atoms with van der Waals surface area (Å²) in [5, 5.41) is 9.49. The van der Waals surface area contributed by atoms with Gasteiger partial charge >= 0.3 is 0 Å². The van der Waals surface area contributed by atoms with Crippen LogP contribution >= 0.6 is 15.9 Å². The molecule has 0 amide bonds. The van der Waals surface area contributed by atoms with E-state index in [1.165, 1.54) is 6.07 Å². The molecule has 0 saturated carbocycles. The van der Waals surface area contributed by atoms with Crippen LogP contribution in [-0.4, -0.2) is 5.11 Å². The molecule has 5 heteroatoms. The van der Waals surface area contributed by atoms with Gasteiger partial charge in [-0.2, -0.15) is 0 Å². The molecule has 0 heterocycles. The minimum Gasteiger partial charge on any atom is -0.454 e. The second kappa shape index (κ2) is 5.67. The van der Waals surface area contributed by atoms with Crippen LogP contribution in [0.5, 0.6) is 11.5 Å². The monoisotopic (exact) mass is 328 g/mol. The van der Waals surface area contributed by atoms with Gasteiger partial charge in [0.05, 0.1) is 6.10 Å². The van der Waals surface area contributed by atoms with Gasteiger partial charge < -0.3 is 9.84 Å². The second-order valence-corrected chi connectivity index (χ2v) is 4.89. The van der Waals surface area contributed by atoms with Crippen molar-refractivity contribution in [2.75, 3.05) is 0 Å². The molecule has 0 saturated heterocycles. The van der Waals surface area contributed by atoms with Crippen molar-refractivity contribution < 1.29 is 18.6 Å². The lowest BCUT2D eigenvalue weighted by atomic mass is 10.1. The summed E-state index contributed by atoms with van der Waals surface area (Å²) in [7, 11) is 0. The maximum Gasteiger partial charge on any atom is 0.168 e. The van der Waals surface area contributed by atoms with Gasteiger partial charge in [-0.3, -0.25) is 0 Å². The summed E-state index contributed by atoms with van der Waals surface area (Å²) >= 11 is 3.30. The van der Waals surface area contributed by atoms with E-state index in [-0.39, 0.29) is 5.75 Å². The van der Waals surface area contributed by atoms with E-state index in [0.29, 0.717) is 15.8 Å². The van der Waals surface area contributed by atoms with Gasteiger partial charge in [-0.15, -0.1) is 0 Å². The number of halogens is 3. The van der Waals surface area contributed by atoms with Crippen LogP contribution in [0, 0.1) is 11.6 Å². The highest BCUT2D eigenvalue weighted by Gasteiger charge is 2.10. The predicted octanol–water partition coefficient (Wildman–Crippen LogP) is 4.57. The molecule has 0 aliphatic heterocycles. The summed E-state index contributed by atoms with van der Waals surface area (Å²) in [6.07, 6.45) is -0.619. The first-order chi connectivity index (χ1) is 8.97. The van der Waals surface area contributed by atoms with Crippen molar-refractivity contribution in [2.24, 2.45) is 0 Å². The molecule has 0 radical (unpaired) electrons. The van der Waals surface area contributed by atoms with E-state index in [1.54, 1.807) is 25.1 Å². The third-order valence-electron chi connectivity index (χ3n) is 2.54. The van der Waals surface area contributed by atoms with Crippen molar-refractivity contribution in [1.29, 1.82) is 0 Å². The normalized spacial score (nSPS) is 12.3. The number of aliphatic hydroxyl groups is 1. The van der Waals surface area contributed by atoms with Crippen LogP contribution in [0.4, 0.5) is 8.78 Å².